The molecule has 0 saturated heterocycles. The zero-order valence-corrected chi connectivity index (χ0v) is 17.0. The highest BCUT2D eigenvalue weighted by molar-refractivity contribution is 7.99. The fraction of sp³-hybridized carbons (Fsp3) is 0.111. The molecular weight excluding hydrogens is 427 g/mol. The van der Waals surface area contributed by atoms with Crippen molar-refractivity contribution in [2.75, 3.05) is 22.3 Å². The molecule has 0 fully saturated rings. The lowest BCUT2D eigenvalue weighted by Gasteiger charge is -2.06. The lowest BCUT2D eigenvalue weighted by atomic mass is 10.1. The maximum absolute atomic E-state index is 13.0. The molecule has 160 valence electrons. The fourth-order valence-electron chi connectivity index (χ4n) is 2.33. The molecule has 1 aromatic heterocycles. The first kappa shape index (κ1) is 21.7. The molecule has 2 aromatic carbocycles. The second-order valence-corrected chi connectivity index (χ2v) is 7.08. The minimum absolute atomic E-state index is 0.00973. The number of hydrogen-bond donors (Lipinski definition) is 3. The topological polar surface area (TPSA) is 153 Å². The van der Waals surface area contributed by atoms with E-state index in [4.69, 9.17) is 5.84 Å². The Kier molecular flexibility index (Phi) is 6.77. The SMILES string of the molecule is C/C(=N\Nc1nnc(SCC(=O)Nc2ccc([N+](=O)[O-])cc2)n1N)c1ccc(F)cc1. The predicted octanol–water partition coefficient (Wildman–Crippen LogP) is 2.61. The number of anilines is 2. The molecular formula is C18H17FN8O3S. The van der Waals surface area contributed by atoms with Crippen LogP contribution in [0.3, 0.4) is 0 Å². The van der Waals surface area contributed by atoms with E-state index in [-0.39, 0.29) is 34.3 Å². The summed E-state index contributed by atoms with van der Waals surface area (Å²) in [7, 11) is 0. The van der Waals surface area contributed by atoms with Crippen LogP contribution in [0.15, 0.2) is 58.8 Å². The van der Waals surface area contributed by atoms with Gasteiger partial charge in [0.15, 0.2) is 0 Å². The van der Waals surface area contributed by atoms with Crippen LogP contribution < -0.4 is 16.6 Å². The molecule has 11 nitrogen and oxygen atoms in total. The minimum Gasteiger partial charge on any atom is -0.334 e. The number of nitrogens with one attached hydrogen (secondary N) is 2. The highest BCUT2D eigenvalue weighted by Gasteiger charge is 2.13. The van der Waals surface area contributed by atoms with E-state index in [1.807, 2.05) is 0 Å². The van der Waals surface area contributed by atoms with Crippen molar-refractivity contribution in [1.29, 1.82) is 0 Å². The van der Waals surface area contributed by atoms with Crippen LogP contribution in [0.1, 0.15) is 12.5 Å². The van der Waals surface area contributed by atoms with Crippen molar-refractivity contribution < 1.29 is 14.1 Å². The van der Waals surface area contributed by atoms with Gasteiger partial charge in [-0.25, -0.2) is 14.5 Å². The zero-order chi connectivity index (χ0) is 22.4. The summed E-state index contributed by atoms with van der Waals surface area (Å²) >= 11 is 1.05. The van der Waals surface area contributed by atoms with Crippen LogP contribution in [-0.2, 0) is 4.79 Å². The fourth-order valence-corrected chi connectivity index (χ4v) is 2.99. The Labute approximate surface area is 179 Å². The summed E-state index contributed by atoms with van der Waals surface area (Å²) in [5.74, 6) is 5.38. The molecule has 0 aliphatic carbocycles. The van der Waals surface area contributed by atoms with E-state index in [2.05, 4.69) is 26.0 Å². The predicted molar refractivity (Wildman–Crippen MR) is 115 cm³/mol. The van der Waals surface area contributed by atoms with E-state index >= 15 is 0 Å². The van der Waals surface area contributed by atoms with Crippen molar-refractivity contribution in [3.63, 3.8) is 0 Å². The molecule has 0 radical (unpaired) electrons. The Balaban J connectivity index is 1.55. The third-order valence-corrected chi connectivity index (χ3v) is 4.89. The number of non-ortho nitro benzene ring substituents is 1. The van der Waals surface area contributed by atoms with Crippen molar-refractivity contribution in [2.24, 2.45) is 5.10 Å². The molecule has 0 saturated carbocycles. The van der Waals surface area contributed by atoms with Crippen molar-refractivity contribution in [2.45, 2.75) is 12.1 Å². The first-order valence-corrected chi connectivity index (χ1v) is 9.76. The number of hydrogen-bond acceptors (Lipinski definition) is 9. The molecule has 0 aliphatic rings. The Bertz CT molecular complexity index is 1120. The van der Waals surface area contributed by atoms with E-state index in [0.717, 1.165) is 22.0 Å². The third kappa shape index (κ3) is 5.76. The molecule has 0 spiro atoms. The highest BCUT2D eigenvalue weighted by atomic mass is 32.2. The van der Waals surface area contributed by atoms with Crippen LogP contribution in [0.5, 0.6) is 0 Å². The number of amides is 1. The number of carbonyl (C=O) groups is 1. The highest BCUT2D eigenvalue weighted by Crippen LogP contribution is 2.19. The quantitative estimate of drug-likeness (QED) is 0.158. The number of benzene rings is 2. The van der Waals surface area contributed by atoms with Gasteiger partial charge in [-0.1, -0.05) is 23.9 Å². The Morgan fingerprint density at radius 2 is 1.90 bits per heavy atom. The van der Waals surface area contributed by atoms with Gasteiger partial charge in [-0.05, 0) is 36.8 Å². The van der Waals surface area contributed by atoms with Crippen molar-refractivity contribution in [3.8, 4) is 0 Å². The van der Waals surface area contributed by atoms with Gasteiger partial charge in [0.05, 0.1) is 16.4 Å². The van der Waals surface area contributed by atoms with Gasteiger partial charge in [-0.3, -0.25) is 14.9 Å². The lowest BCUT2D eigenvalue weighted by Crippen LogP contribution is -2.17. The number of halogens is 1. The third-order valence-electron chi connectivity index (χ3n) is 3.94. The van der Waals surface area contributed by atoms with Gasteiger partial charge in [-0.2, -0.15) is 5.10 Å². The monoisotopic (exact) mass is 444 g/mol. The van der Waals surface area contributed by atoms with Crippen LogP contribution in [0, 0.1) is 15.9 Å². The lowest BCUT2D eigenvalue weighted by molar-refractivity contribution is -0.384. The Morgan fingerprint density at radius 3 is 2.55 bits per heavy atom. The maximum atomic E-state index is 13.0. The number of nitrogen functional groups attached to an aromatic ring is 1. The number of nitrogens with two attached hydrogens (primary N) is 1. The first-order chi connectivity index (χ1) is 14.8. The number of thioether (sulfide) groups is 1. The van der Waals surface area contributed by atoms with Crippen LogP contribution in [0.25, 0.3) is 0 Å². The first-order valence-electron chi connectivity index (χ1n) is 8.77. The van der Waals surface area contributed by atoms with Crippen molar-refractivity contribution >= 4 is 40.7 Å². The van der Waals surface area contributed by atoms with Gasteiger partial charge in [-0.15, -0.1) is 10.2 Å². The van der Waals surface area contributed by atoms with E-state index in [1.54, 1.807) is 19.1 Å². The molecule has 3 aromatic rings. The smallest absolute Gasteiger partial charge is 0.269 e. The molecule has 0 bridgehead atoms. The summed E-state index contributed by atoms with van der Waals surface area (Å²) in [4.78, 5) is 22.2. The number of nitro groups is 1. The zero-order valence-electron chi connectivity index (χ0n) is 16.2. The van der Waals surface area contributed by atoms with Gasteiger partial charge in [0, 0.05) is 17.8 Å². The Morgan fingerprint density at radius 1 is 1.23 bits per heavy atom. The molecule has 4 N–H and O–H groups in total. The van der Waals surface area contributed by atoms with Gasteiger partial charge in [0.25, 0.3) is 11.6 Å². The van der Waals surface area contributed by atoms with Gasteiger partial charge in [0.2, 0.25) is 11.1 Å². The van der Waals surface area contributed by atoms with Gasteiger partial charge < -0.3 is 11.2 Å². The average molecular weight is 444 g/mol. The number of carbonyl (C=O) groups excluding carboxylic acids is 1. The van der Waals surface area contributed by atoms with Crippen molar-refractivity contribution in [1.82, 2.24) is 14.9 Å². The molecule has 13 heteroatoms. The van der Waals surface area contributed by atoms with Gasteiger partial charge >= 0.3 is 0 Å². The number of nitrogens with zero attached hydrogens (tertiary/aromatic N) is 5. The van der Waals surface area contributed by atoms with Crippen molar-refractivity contribution in [3.05, 3.63) is 70.0 Å². The standard InChI is InChI=1S/C18H17FN8O3S/c1-11(12-2-4-13(19)5-3-12)22-23-17-24-25-18(26(17)20)31-10-16(28)21-14-6-8-15(9-7-14)27(29)30/h2-9H,10,20H2,1H3,(H,21,28)(H,23,24)/b22-11+. The maximum Gasteiger partial charge on any atom is 0.269 e. The molecule has 0 unspecified atom stereocenters. The number of aromatic nitrogens is 3. The van der Waals surface area contributed by atoms with E-state index in [0.29, 0.717) is 11.4 Å². The second kappa shape index (κ2) is 9.67. The number of nitro benzene ring substituents is 1. The molecule has 1 amide bonds. The second-order valence-electron chi connectivity index (χ2n) is 6.13. The van der Waals surface area contributed by atoms with Gasteiger partial charge in [0.1, 0.15) is 5.82 Å². The normalized spacial score (nSPS) is 11.2. The summed E-state index contributed by atoms with van der Waals surface area (Å²) < 4.78 is 14.1. The van der Waals surface area contributed by atoms with E-state index in [1.165, 1.54) is 36.4 Å². The average Bonchev–Trinajstić information content (AvgIpc) is 3.11. The van der Waals surface area contributed by atoms with Crippen LogP contribution in [-0.4, -0.2) is 37.2 Å². The molecule has 0 atom stereocenters. The molecule has 0 aliphatic heterocycles. The summed E-state index contributed by atoms with van der Waals surface area (Å²) in [5.41, 5.74) is 4.34. The molecule has 1 heterocycles. The largest absolute Gasteiger partial charge is 0.334 e. The molecule has 3 rings (SSSR count). The minimum atomic E-state index is -0.521. The van der Waals surface area contributed by atoms with Crippen LogP contribution >= 0.6 is 11.8 Å². The molecule has 31 heavy (non-hydrogen) atoms. The van der Waals surface area contributed by atoms with E-state index < -0.39 is 4.92 Å². The Hall–Kier alpha value is -4.00. The number of hydrazone groups is 1. The summed E-state index contributed by atoms with van der Waals surface area (Å²) in [5, 5.41) is 25.5. The summed E-state index contributed by atoms with van der Waals surface area (Å²) in [6.07, 6.45) is 0. The van der Waals surface area contributed by atoms with E-state index in [9.17, 15) is 19.3 Å². The van der Waals surface area contributed by atoms with Crippen LogP contribution in [0.2, 0.25) is 0 Å². The summed E-state index contributed by atoms with van der Waals surface area (Å²) in [6, 6.07) is 11.3. The summed E-state index contributed by atoms with van der Waals surface area (Å²) in [6.45, 7) is 1.73. The number of rotatable bonds is 8. The van der Waals surface area contributed by atoms with Crippen LogP contribution in [0.4, 0.5) is 21.7 Å².